The molecular weight excluding hydrogens is 290 g/mol. The fourth-order valence-corrected chi connectivity index (χ4v) is 3.55. The highest BCUT2D eigenvalue weighted by molar-refractivity contribution is 8.00. The molecule has 1 N–H and O–H groups in total. The highest BCUT2D eigenvalue weighted by atomic mass is 32.2. The maximum Gasteiger partial charge on any atom is 0.233 e. The Hall–Kier alpha value is -1.74. The minimum absolute atomic E-state index is 0.0771. The van der Waals surface area contributed by atoms with Crippen LogP contribution in [0.25, 0.3) is 0 Å². The quantitative estimate of drug-likeness (QED) is 0.829. The molecule has 0 spiro atoms. The van der Waals surface area contributed by atoms with E-state index in [0.29, 0.717) is 6.54 Å². The van der Waals surface area contributed by atoms with Crippen LogP contribution in [0.2, 0.25) is 0 Å². The maximum absolute atomic E-state index is 12.3. The van der Waals surface area contributed by atoms with E-state index in [0.717, 1.165) is 5.56 Å². The molecule has 22 heavy (non-hydrogen) atoms. The van der Waals surface area contributed by atoms with Gasteiger partial charge in [-0.1, -0.05) is 48.0 Å². The number of carbonyl (C=O) groups is 1. The Balaban J connectivity index is 1.97. The molecule has 1 atom stereocenters. The minimum Gasteiger partial charge on any atom is -0.351 e. The lowest BCUT2D eigenvalue weighted by Crippen LogP contribution is -2.30. The van der Waals surface area contributed by atoms with Gasteiger partial charge in [0, 0.05) is 11.4 Å². The lowest BCUT2D eigenvalue weighted by atomic mass is 10.1. The van der Waals surface area contributed by atoms with Crippen LogP contribution >= 0.6 is 11.8 Å². The molecule has 0 aliphatic carbocycles. The summed E-state index contributed by atoms with van der Waals surface area (Å²) < 4.78 is 0. The smallest absolute Gasteiger partial charge is 0.233 e. The van der Waals surface area contributed by atoms with Gasteiger partial charge in [0.15, 0.2) is 0 Å². The van der Waals surface area contributed by atoms with Crippen molar-refractivity contribution in [3.8, 4) is 0 Å². The summed E-state index contributed by atoms with van der Waals surface area (Å²) >= 11 is 1.64. The SMILES string of the molecule is Cc1cc(C)c(S[C@H](C)C(=O)NCc2ccccc2)c(C)c1. The minimum atomic E-state index is -0.108. The van der Waals surface area contributed by atoms with Crippen molar-refractivity contribution in [3.05, 3.63) is 64.7 Å². The van der Waals surface area contributed by atoms with Gasteiger partial charge in [0.2, 0.25) is 5.91 Å². The Morgan fingerprint density at radius 1 is 1.09 bits per heavy atom. The number of nitrogens with one attached hydrogen (secondary N) is 1. The molecule has 0 unspecified atom stereocenters. The van der Waals surface area contributed by atoms with Crippen molar-refractivity contribution in [2.75, 3.05) is 0 Å². The normalized spacial score (nSPS) is 12.0. The number of benzene rings is 2. The van der Waals surface area contributed by atoms with Crippen molar-refractivity contribution in [2.24, 2.45) is 0 Å². The zero-order valence-electron chi connectivity index (χ0n) is 13.6. The third-order valence-corrected chi connectivity index (χ3v) is 5.03. The first kappa shape index (κ1) is 16.6. The number of carbonyl (C=O) groups excluding carboxylic acids is 1. The molecule has 116 valence electrons. The molecule has 0 aromatic heterocycles. The third-order valence-electron chi connectivity index (χ3n) is 3.58. The van der Waals surface area contributed by atoms with E-state index in [1.54, 1.807) is 11.8 Å². The first-order valence-corrected chi connectivity index (χ1v) is 8.41. The number of hydrogen-bond donors (Lipinski definition) is 1. The van der Waals surface area contributed by atoms with Gasteiger partial charge in [-0.2, -0.15) is 0 Å². The molecule has 0 radical (unpaired) electrons. The van der Waals surface area contributed by atoms with E-state index in [4.69, 9.17) is 0 Å². The van der Waals surface area contributed by atoms with Crippen LogP contribution in [0.1, 0.15) is 29.2 Å². The van der Waals surface area contributed by atoms with Crippen LogP contribution in [0.5, 0.6) is 0 Å². The zero-order chi connectivity index (χ0) is 16.1. The lowest BCUT2D eigenvalue weighted by Gasteiger charge is -2.16. The first-order valence-electron chi connectivity index (χ1n) is 7.53. The highest BCUT2D eigenvalue weighted by Gasteiger charge is 2.16. The first-order chi connectivity index (χ1) is 10.5. The second-order valence-electron chi connectivity index (χ2n) is 5.69. The fourth-order valence-electron chi connectivity index (χ4n) is 2.51. The van der Waals surface area contributed by atoms with Gasteiger partial charge in [0.25, 0.3) is 0 Å². The van der Waals surface area contributed by atoms with Crippen LogP contribution in [0.15, 0.2) is 47.4 Å². The second-order valence-corrected chi connectivity index (χ2v) is 7.04. The Bertz CT molecular complexity index is 629. The molecule has 0 heterocycles. The van der Waals surface area contributed by atoms with E-state index in [1.165, 1.54) is 21.6 Å². The predicted octanol–water partition coefficient (Wildman–Crippen LogP) is 4.41. The fraction of sp³-hybridized carbons (Fsp3) is 0.316. The molecule has 1 amide bonds. The van der Waals surface area contributed by atoms with E-state index in [9.17, 15) is 4.79 Å². The molecule has 2 aromatic carbocycles. The van der Waals surface area contributed by atoms with E-state index >= 15 is 0 Å². The molecule has 0 fully saturated rings. The average molecular weight is 313 g/mol. The average Bonchev–Trinajstić information content (AvgIpc) is 2.49. The number of rotatable bonds is 5. The number of thioether (sulfide) groups is 1. The Kier molecular flexibility index (Phi) is 5.67. The van der Waals surface area contributed by atoms with Gasteiger partial charge in [-0.3, -0.25) is 4.79 Å². The van der Waals surface area contributed by atoms with Crippen LogP contribution in [0.3, 0.4) is 0 Å². The summed E-state index contributed by atoms with van der Waals surface area (Å²) in [5, 5.41) is 2.90. The van der Waals surface area contributed by atoms with Gasteiger partial charge < -0.3 is 5.32 Å². The van der Waals surface area contributed by atoms with Crippen LogP contribution in [-0.2, 0) is 11.3 Å². The third kappa shape index (κ3) is 4.38. The Labute approximate surface area is 137 Å². The van der Waals surface area contributed by atoms with E-state index in [2.05, 4.69) is 38.2 Å². The number of hydrogen-bond acceptors (Lipinski definition) is 2. The summed E-state index contributed by atoms with van der Waals surface area (Å²) in [4.78, 5) is 13.5. The number of aryl methyl sites for hydroxylation is 3. The summed E-state index contributed by atoms with van der Waals surface area (Å²) in [6.45, 7) is 8.86. The lowest BCUT2D eigenvalue weighted by molar-refractivity contribution is -0.120. The molecule has 0 aliphatic heterocycles. The molecule has 0 bridgehead atoms. The molecule has 0 aliphatic rings. The summed E-state index contributed by atoms with van der Waals surface area (Å²) in [5.41, 5.74) is 4.87. The molecule has 0 saturated heterocycles. The van der Waals surface area contributed by atoms with Crippen LogP contribution < -0.4 is 5.32 Å². The Morgan fingerprint density at radius 2 is 1.68 bits per heavy atom. The van der Waals surface area contributed by atoms with E-state index < -0.39 is 0 Å². The monoisotopic (exact) mass is 313 g/mol. The maximum atomic E-state index is 12.3. The molecule has 2 aromatic rings. The summed E-state index contributed by atoms with van der Waals surface area (Å²) in [6, 6.07) is 14.3. The molecular formula is C19H23NOS. The van der Waals surface area contributed by atoms with Crippen LogP contribution in [0.4, 0.5) is 0 Å². The second kappa shape index (κ2) is 7.50. The molecule has 3 heteroatoms. The summed E-state index contributed by atoms with van der Waals surface area (Å²) in [6.07, 6.45) is 0. The van der Waals surface area contributed by atoms with Crippen molar-refractivity contribution < 1.29 is 4.79 Å². The molecule has 0 saturated carbocycles. The molecule has 2 rings (SSSR count). The van der Waals surface area contributed by atoms with Gasteiger partial charge >= 0.3 is 0 Å². The standard InChI is InChI=1S/C19H23NOS/c1-13-10-14(2)18(15(3)11-13)22-16(4)19(21)20-12-17-8-6-5-7-9-17/h5-11,16H,12H2,1-4H3,(H,20,21)/t16-/m1/s1. The predicted molar refractivity (Wildman–Crippen MR) is 94.3 cm³/mol. The summed E-state index contributed by atoms with van der Waals surface area (Å²) in [5.74, 6) is 0.0771. The summed E-state index contributed by atoms with van der Waals surface area (Å²) in [7, 11) is 0. The zero-order valence-corrected chi connectivity index (χ0v) is 14.5. The Morgan fingerprint density at radius 3 is 2.27 bits per heavy atom. The van der Waals surface area contributed by atoms with Gasteiger partial charge in [0.1, 0.15) is 0 Å². The van der Waals surface area contributed by atoms with Crippen molar-refractivity contribution in [3.63, 3.8) is 0 Å². The topological polar surface area (TPSA) is 29.1 Å². The highest BCUT2D eigenvalue weighted by Crippen LogP contribution is 2.30. The van der Waals surface area contributed by atoms with Gasteiger partial charge in [-0.15, -0.1) is 11.8 Å². The van der Waals surface area contributed by atoms with Crippen molar-refractivity contribution >= 4 is 17.7 Å². The van der Waals surface area contributed by atoms with Gasteiger partial charge in [0.05, 0.1) is 5.25 Å². The van der Waals surface area contributed by atoms with E-state index in [1.807, 2.05) is 37.3 Å². The number of amides is 1. The molecule has 2 nitrogen and oxygen atoms in total. The van der Waals surface area contributed by atoms with Gasteiger partial charge in [-0.05, 0) is 44.4 Å². The van der Waals surface area contributed by atoms with Crippen LogP contribution in [0, 0.1) is 20.8 Å². The largest absolute Gasteiger partial charge is 0.351 e. The van der Waals surface area contributed by atoms with Crippen LogP contribution in [-0.4, -0.2) is 11.2 Å². The van der Waals surface area contributed by atoms with E-state index in [-0.39, 0.29) is 11.2 Å². The van der Waals surface area contributed by atoms with Crippen molar-refractivity contribution in [2.45, 2.75) is 44.4 Å². The van der Waals surface area contributed by atoms with Gasteiger partial charge in [-0.25, -0.2) is 0 Å². The van der Waals surface area contributed by atoms with Crippen molar-refractivity contribution in [1.82, 2.24) is 5.32 Å². The van der Waals surface area contributed by atoms with Crippen molar-refractivity contribution in [1.29, 1.82) is 0 Å².